The summed E-state index contributed by atoms with van der Waals surface area (Å²) < 4.78 is 11.8. The van der Waals surface area contributed by atoms with Gasteiger partial charge in [-0.1, -0.05) is 28.1 Å². The minimum absolute atomic E-state index is 0.0702. The van der Waals surface area contributed by atoms with E-state index in [4.69, 9.17) is 9.47 Å². The fraction of sp³-hybridized carbons (Fsp3) is 0.278. The van der Waals surface area contributed by atoms with Gasteiger partial charge in [0.2, 0.25) is 6.79 Å². The van der Waals surface area contributed by atoms with Gasteiger partial charge in [0, 0.05) is 30.2 Å². The standard InChI is InChI=1S/C18H19BrN2O3/c1-20-18(22)13-5-3-12(4-6-13)9-21(2)10-14-7-16-17(8-15(14)19)24-11-23-16/h3-8H,9-11H2,1-2H3,(H,20,22). The SMILES string of the molecule is CNC(=O)c1ccc(CN(C)Cc2cc3c(cc2Br)OCO3)cc1. The zero-order valence-corrected chi connectivity index (χ0v) is 15.2. The largest absolute Gasteiger partial charge is 0.454 e. The van der Waals surface area contributed by atoms with E-state index in [-0.39, 0.29) is 12.7 Å². The molecular weight excluding hydrogens is 372 g/mol. The van der Waals surface area contributed by atoms with Gasteiger partial charge in [0.05, 0.1) is 0 Å². The molecule has 126 valence electrons. The van der Waals surface area contributed by atoms with Crippen LogP contribution in [0.25, 0.3) is 0 Å². The molecule has 0 aromatic heterocycles. The highest BCUT2D eigenvalue weighted by Crippen LogP contribution is 2.37. The average molecular weight is 391 g/mol. The Labute approximate surface area is 149 Å². The molecule has 0 saturated carbocycles. The number of hydrogen-bond acceptors (Lipinski definition) is 4. The number of nitrogens with zero attached hydrogens (tertiary/aromatic N) is 1. The molecule has 1 amide bonds. The molecule has 0 fully saturated rings. The lowest BCUT2D eigenvalue weighted by Gasteiger charge is -2.18. The van der Waals surface area contributed by atoms with E-state index in [1.54, 1.807) is 7.05 Å². The van der Waals surface area contributed by atoms with Crippen LogP contribution in [0.1, 0.15) is 21.5 Å². The third kappa shape index (κ3) is 3.71. The van der Waals surface area contributed by atoms with Crippen LogP contribution in [0.15, 0.2) is 40.9 Å². The van der Waals surface area contributed by atoms with E-state index in [1.165, 1.54) is 0 Å². The summed E-state index contributed by atoms with van der Waals surface area (Å²) in [5.74, 6) is 1.49. The third-order valence-corrected chi connectivity index (χ3v) is 4.62. The zero-order chi connectivity index (χ0) is 17.1. The van der Waals surface area contributed by atoms with E-state index in [9.17, 15) is 4.79 Å². The summed E-state index contributed by atoms with van der Waals surface area (Å²) in [6.07, 6.45) is 0. The predicted molar refractivity (Wildman–Crippen MR) is 95.3 cm³/mol. The van der Waals surface area contributed by atoms with E-state index in [0.717, 1.165) is 40.2 Å². The monoisotopic (exact) mass is 390 g/mol. The van der Waals surface area contributed by atoms with E-state index in [0.29, 0.717) is 5.56 Å². The van der Waals surface area contributed by atoms with Crippen LogP contribution < -0.4 is 14.8 Å². The van der Waals surface area contributed by atoms with Crippen LogP contribution in [0, 0.1) is 0 Å². The Hall–Kier alpha value is -2.05. The molecule has 1 heterocycles. The zero-order valence-electron chi connectivity index (χ0n) is 13.6. The molecule has 1 aliphatic rings. The van der Waals surface area contributed by atoms with Gasteiger partial charge in [-0.25, -0.2) is 0 Å². The van der Waals surface area contributed by atoms with Crippen molar-refractivity contribution < 1.29 is 14.3 Å². The number of halogens is 1. The van der Waals surface area contributed by atoms with Crippen molar-refractivity contribution in [2.45, 2.75) is 13.1 Å². The van der Waals surface area contributed by atoms with Crippen molar-refractivity contribution in [2.75, 3.05) is 20.9 Å². The van der Waals surface area contributed by atoms with E-state index in [1.807, 2.05) is 36.4 Å². The van der Waals surface area contributed by atoms with Gasteiger partial charge in [0.1, 0.15) is 0 Å². The molecule has 1 aliphatic heterocycles. The van der Waals surface area contributed by atoms with Gasteiger partial charge in [-0.2, -0.15) is 0 Å². The van der Waals surface area contributed by atoms with E-state index >= 15 is 0 Å². The Kier molecular flexibility index (Phi) is 5.06. The Balaban J connectivity index is 1.65. The molecule has 0 radical (unpaired) electrons. The molecule has 0 unspecified atom stereocenters. The molecule has 0 bridgehead atoms. The number of fused-ring (bicyclic) bond motifs is 1. The highest BCUT2D eigenvalue weighted by molar-refractivity contribution is 9.10. The second-order valence-corrected chi connectivity index (χ2v) is 6.60. The first kappa shape index (κ1) is 16.8. The molecule has 0 aliphatic carbocycles. The lowest BCUT2D eigenvalue weighted by Crippen LogP contribution is -2.19. The van der Waals surface area contributed by atoms with Crippen molar-refractivity contribution >= 4 is 21.8 Å². The summed E-state index contributed by atoms with van der Waals surface area (Å²) in [5.41, 5.74) is 2.97. The maximum absolute atomic E-state index is 11.6. The molecule has 0 saturated heterocycles. The van der Waals surface area contributed by atoms with Crippen molar-refractivity contribution in [1.29, 1.82) is 0 Å². The quantitative estimate of drug-likeness (QED) is 0.851. The summed E-state index contributed by atoms with van der Waals surface area (Å²) in [7, 11) is 3.69. The summed E-state index contributed by atoms with van der Waals surface area (Å²) in [6, 6.07) is 11.6. The number of hydrogen-bond donors (Lipinski definition) is 1. The lowest BCUT2D eigenvalue weighted by atomic mass is 10.1. The minimum atomic E-state index is -0.0702. The van der Waals surface area contributed by atoms with Gasteiger partial charge in [-0.3, -0.25) is 9.69 Å². The summed E-state index contributed by atoms with van der Waals surface area (Å²) in [6.45, 7) is 1.84. The number of carbonyl (C=O) groups is 1. The van der Waals surface area contributed by atoms with Crippen molar-refractivity contribution in [3.63, 3.8) is 0 Å². The Morgan fingerprint density at radius 2 is 1.83 bits per heavy atom. The van der Waals surface area contributed by atoms with Gasteiger partial charge >= 0.3 is 0 Å². The number of ether oxygens (including phenoxy) is 2. The maximum Gasteiger partial charge on any atom is 0.251 e. The molecule has 0 spiro atoms. The van der Waals surface area contributed by atoms with Crippen LogP contribution in [0.3, 0.4) is 0 Å². The first-order valence-electron chi connectivity index (χ1n) is 7.64. The normalized spacial score (nSPS) is 12.5. The van der Waals surface area contributed by atoms with Crippen LogP contribution in [0.4, 0.5) is 0 Å². The highest BCUT2D eigenvalue weighted by atomic mass is 79.9. The lowest BCUT2D eigenvalue weighted by molar-refractivity contribution is 0.0963. The van der Waals surface area contributed by atoms with E-state index in [2.05, 4.69) is 33.2 Å². The summed E-state index contributed by atoms with van der Waals surface area (Å²) in [4.78, 5) is 13.8. The molecule has 2 aromatic carbocycles. The third-order valence-electron chi connectivity index (χ3n) is 3.88. The van der Waals surface area contributed by atoms with Gasteiger partial charge < -0.3 is 14.8 Å². The predicted octanol–water partition coefficient (Wildman–Crippen LogP) is 3.17. The molecule has 24 heavy (non-hydrogen) atoms. The number of benzene rings is 2. The highest BCUT2D eigenvalue weighted by Gasteiger charge is 2.17. The van der Waals surface area contributed by atoms with Crippen molar-refractivity contribution in [2.24, 2.45) is 0 Å². The molecule has 3 rings (SSSR count). The minimum Gasteiger partial charge on any atom is -0.454 e. The van der Waals surface area contributed by atoms with Gasteiger partial charge in [0.25, 0.3) is 5.91 Å². The summed E-state index contributed by atoms with van der Waals surface area (Å²) in [5, 5.41) is 2.62. The Morgan fingerprint density at radius 1 is 1.17 bits per heavy atom. The first-order valence-corrected chi connectivity index (χ1v) is 8.43. The molecule has 6 heteroatoms. The van der Waals surface area contributed by atoms with Crippen molar-refractivity contribution in [1.82, 2.24) is 10.2 Å². The molecule has 1 N–H and O–H groups in total. The first-order chi connectivity index (χ1) is 11.6. The van der Waals surface area contributed by atoms with Crippen LogP contribution in [0.5, 0.6) is 11.5 Å². The second-order valence-electron chi connectivity index (χ2n) is 5.75. The van der Waals surface area contributed by atoms with Gasteiger partial charge in [-0.05, 0) is 42.4 Å². The number of carbonyl (C=O) groups excluding carboxylic acids is 1. The van der Waals surface area contributed by atoms with Crippen LogP contribution in [-0.2, 0) is 13.1 Å². The number of rotatable bonds is 5. The van der Waals surface area contributed by atoms with Crippen LogP contribution >= 0.6 is 15.9 Å². The second kappa shape index (κ2) is 7.23. The van der Waals surface area contributed by atoms with Crippen molar-refractivity contribution in [3.05, 3.63) is 57.6 Å². The molecule has 5 nitrogen and oxygen atoms in total. The Bertz CT molecular complexity index is 747. The fourth-order valence-electron chi connectivity index (χ4n) is 2.64. The summed E-state index contributed by atoms with van der Waals surface area (Å²) >= 11 is 3.59. The van der Waals surface area contributed by atoms with Crippen LogP contribution in [0.2, 0.25) is 0 Å². The van der Waals surface area contributed by atoms with Crippen molar-refractivity contribution in [3.8, 4) is 11.5 Å². The van der Waals surface area contributed by atoms with Gasteiger partial charge in [0.15, 0.2) is 11.5 Å². The van der Waals surface area contributed by atoms with Crippen LogP contribution in [-0.4, -0.2) is 31.7 Å². The fourth-order valence-corrected chi connectivity index (χ4v) is 3.09. The number of amides is 1. The number of nitrogens with one attached hydrogen (secondary N) is 1. The Morgan fingerprint density at radius 3 is 2.50 bits per heavy atom. The van der Waals surface area contributed by atoms with Gasteiger partial charge in [-0.15, -0.1) is 0 Å². The topological polar surface area (TPSA) is 50.8 Å². The average Bonchev–Trinajstić information content (AvgIpc) is 3.02. The molecule has 2 aromatic rings. The maximum atomic E-state index is 11.6. The molecule has 0 atom stereocenters. The smallest absolute Gasteiger partial charge is 0.251 e. The van der Waals surface area contributed by atoms with E-state index < -0.39 is 0 Å². The molecular formula is C18H19BrN2O3.